The Morgan fingerprint density at radius 2 is 1.77 bits per heavy atom. The highest BCUT2D eigenvalue weighted by molar-refractivity contribution is 7.89. The highest BCUT2D eigenvalue weighted by atomic mass is 35.5. The molecule has 170 valence electrons. The van der Waals surface area contributed by atoms with Crippen molar-refractivity contribution >= 4 is 39.1 Å². The molecule has 1 aromatic carbocycles. The van der Waals surface area contributed by atoms with E-state index < -0.39 is 10.0 Å². The zero-order chi connectivity index (χ0) is 22.0. The molecule has 10 heteroatoms. The standard InChI is InChI=1S/C21H28ClN3O5S/c22-16-11-17-18(30-13-20(26)24-17)12-19(16)31(28,29)25-9-7-14(8-10-25)21(27)23-15-5-3-1-2-4-6-15/h11-12,14-15H,1-10,13H2,(H,23,27)(H,24,26). The van der Waals surface area contributed by atoms with Gasteiger partial charge in [-0.05, 0) is 31.7 Å². The van der Waals surface area contributed by atoms with Crippen LogP contribution >= 0.6 is 11.6 Å². The molecule has 0 unspecified atom stereocenters. The lowest BCUT2D eigenvalue weighted by Gasteiger charge is -2.32. The fraction of sp³-hybridized carbons (Fsp3) is 0.619. The fourth-order valence-corrected chi connectivity index (χ4v) is 6.51. The number of rotatable bonds is 4. The van der Waals surface area contributed by atoms with Crippen molar-refractivity contribution in [3.8, 4) is 5.75 Å². The Labute approximate surface area is 187 Å². The molecule has 0 radical (unpaired) electrons. The van der Waals surface area contributed by atoms with Crippen LogP contribution in [0.3, 0.4) is 0 Å². The molecule has 0 aromatic heterocycles. The SMILES string of the molecule is O=C1COc2cc(S(=O)(=O)N3CCC(C(=O)NC4CCCCCC4)CC3)c(Cl)cc2N1. The first-order chi connectivity index (χ1) is 14.8. The molecule has 31 heavy (non-hydrogen) atoms. The van der Waals surface area contributed by atoms with Gasteiger partial charge in [0.05, 0.1) is 10.7 Å². The highest BCUT2D eigenvalue weighted by Gasteiger charge is 2.35. The highest BCUT2D eigenvalue weighted by Crippen LogP contribution is 2.37. The van der Waals surface area contributed by atoms with Crippen LogP contribution in [0.5, 0.6) is 5.75 Å². The number of halogens is 1. The smallest absolute Gasteiger partial charge is 0.262 e. The molecule has 1 saturated heterocycles. The average Bonchev–Trinajstić information content (AvgIpc) is 3.01. The summed E-state index contributed by atoms with van der Waals surface area (Å²) < 4.78 is 33.1. The number of piperidine rings is 1. The molecule has 4 rings (SSSR count). The lowest BCUT2D eigenvalue weighted by Crippen LogP contribution is -2.45. The number of anilines is 1. The monoisotopic (exact) mass is 469 g/mol. The number of carbonyl (C=O) groups excluding carboxylic acids is 2. The summed E-state index contributed by atoms with van der Waals surface area (Å²) in [7, 11) is -3.84. The van der Waals surface area contributed by atoms with E-state index in [9.17, 15) is 18.0 Å². The van der Waals surface area contributed by atoms with Gasteiger partial charge in [0.15, 0.2) is 6.61 Å². The molecule has 1 saturated carbocycles. The largest absolute Gasteiger partial charge is 0.482 e. The minimum atomic E-state index is -3.84. The van der Waals surface area contributed by atoms with E-state index in [0.717, 1.165) is 25.7 Å². The lowest BCUT2D eigenvalue weighted by molar-refractivity contribution is -0.127. The van der Waals surface area contributed by atoms with E-state index in [-0.39, 0.29) is 59.1 Å². The summed E-state index contributed by atoms with van der Waals surface area (Å²) in [4.78, 5) is 24.1. The molecule has 0 atom stereocenters. The molecule has 8 nitrogen and oxygen atoms in total. The predicted molar refractivity (Wildman–Crippen MR) is 117 cm³/mol. The Morgan fingerprint density at radius 1 is 1.10 bits per heavy atom. The predicted octanol–water partition coefficient (Wildman–Crippen LogP) is 2.91. The van der Waals surface area contributed by atoms with Crippen LogP contribution in [0.1, 0.15) is 51.4 Å². The molecular weight excluding hydrogens is 442 g/mol. The summed E-state index contributed by atoms with van der Waals surface area (Å²) >= 11 is 6.24. The van der Waals surface area contributed by atoms with Crippen molar-refractivity contribution in [2.24, 2.45) is 5.92 Å². The van der Waals surface area contributed by atoms with Crippen LogP contribution in [-0.4, -0.2) is 50.3 Å². The topological polar surface area (TPSA) is 105 Å². The summed E-state index contributed by atoms with van der Waals surface area (Å²) in [5, 5.41) is 5.82. The number of carbonyl (C=O) groups is 2. The van der Waals surface area contributed by atoms with Crippen LogP contribution in [0.2, 0.25) is 5.02 Å². The molecule has 2 fully saturated rings. The van der Waals surface area contributed by atoms with Crippen molar-refractivity contribution < 1.29 is 22.7 Å². The quantitative estimate of drug-likeness (QED) is 0.659. The summed E-state index contributed by atoms with van der Waals surface area (Å²) in [6, 6.07) is 3.00. The zero-order valence-corrected chi connectivity index (χ0v) is 18.9. The van der Waals surface area contributed by atoms with E-state index in [1.165, 1.54) is 29.3 Å². The van der Waals surface area contributed by atoms with Crippen molar-refractivity contribution in [2.75, 3.05) is 25.0 Å². The fourth-order valence-electron chi connectivity index (χ4n) is 4.52. The summed E-state index contributed by atoms with van der Waals surface area (Å²) in [5.74, 6) is -0.171. The molecule has 2 amide bonds. The van der Waals surface area contributed by atoms with Crippen LogP contribution in [-0.2, 0) is 19.6 Å². The first kappa shape index (κ1) is 22.4. The van der Waals surface area contributed by atoms with Crippen molar-refractivity contribution in [3.05, 3.63) is 17.2 Å². The second-order valence-corrected chi connectivity index (χ2v) is 10.8. The van der Waals surface area contributed by atoms with Crippen LogP contribution in [0.15, 0.2) is 17.0 Å². The normalized spacial score (nSPS) is 21.5. The molecule has 1 aliphatic carbocycles. The van der Waals surface area contributed by atoms with Crippen LogP contribution in [0, 0.1) is 5.92 Å². The maximum Gasteiger partial charge on any atom is 0.262 e. The van der Waals surface area contributed by atoms with E-state index in [0.29, 0.717) is 18.5 Å². The maximum absolute atomic E-state index is 13.2. The third-order valence-electron chi connectivity index (χ3n) is 6.31. The summed E-state index contributed by atoms with van der Waals surface area (Å²) in [5.41, 5.74) is 0.356. The molecule has 2 N–H and O–H groups in total. The van der Waals surface area contributed by atoms with Gasteiger partial charge in [-0.3, -0.25) is 9.59 Å². The molecule has 1 aromatic rings. The van der Waals surface area contributed by atoms with E-state index in [1.807, 2.05) is 0 Å². The number of amides is 2. The molecular formula is C21H28ClN3O5S. The van der Waals surface area contributed by atoms with Gasteiger partial charge in [-0.15, -0.1) is 0 Å². The maximum atomic E-state index is 13.2. The van der Waals surface area contributed by atoms with Gasteiger partial charge in [0.1, 0.15) is 10.6 Å². The number of nitrogens with zero attached hydrogens (tertiary/aromatic N) is 1. The van der Waals surface area contributed by atoms with Gasteiger partial charge >= 0.3 is 0 Å². The Morgan fingerprint density at radius 3 is 2.45 bits per heavy atom. The number of fused-ring (bicyclic) bond motifs is 1. The van der Waals surface area contributed by atoms with Gasteiger partial charge in [-0.25, -0.2) is 8.42 Å². The van der Waals surface area contributed by atoms with Gasteiger partial charge in [-0.1, -0.05) is 37.3 Å². The van der Waals surface area contributed by atoms with E-state index in [4.69, 9.17) is 16.3 Å². The van der Waals surface area contributed by atoms with Gasteiger partial charge in [0.25, 0.3) is 5.91 Å². The van der Waals surface area contributed by atoms with Gasteiger partial charge < -0.3 is 15.4 Å². The van der Waals surface area contributed by atoms with Gasteiger partial charge in [-0.2, -0.15) is 4.31 Å². The van der Waals surface area contributed by atoms with E-state index >= 15 is 0 Å². The second-order valence-electron chi connectivity index (χ2n) is 8.49. The molecule has 2 aliphatic heterocycles. The first-order valence-corrected chi connectivity index (χ1v) is 12.7. The zero-order valence-electron chi connectivity index (χ0n) is 17.4. The number of ether oxygens (including phenoxy) is 1. The number of hydrogen-bond acceptors (Lipinski definition) is 5. The van der Waals surface area contributed by atoms with Gasteiger partial charge in [0.2, 0.25) is 15.9 Å². The first-order valence-electron chi connectivity index (χ1n) is 10.9. The number of hydrogen-bond donors (Lipinski definition) is 2. The van der Waals surface area contributed by atoms with Crippen molar-refractivity contribution in [1.29, 1.82) is 0 Å². The Hall–Kier alpha value is -1.84. The number of sulfonamides is 1. The molecule has 2 heterocycles. The molecule has 3 aliphatic rings. The number of benzene rings is 1. The molecule has 0 spiro atoms. The van der Waals surface area contributed by atoms with Crippen molar-refractivity contribution in [2.45, 2.75) is 62.3 Å². The van der Waals surface area contributed by atoms with Crippen molar-refractivity contribution in [3.63, 3.8) is 0 Å². The number of nitrogens with one attached hydrogen (secondary N) is 2. The second kappa shape index (κ2) is 9.34. The van der Waals surface area contributed by atoms with Crippen LogP contribution in [0.4, 0.5) is 5.69 Å². The van der Waals surface area contributed by atoms with E-state index in [1.54, 1.807) is 0 Å². The summed E-state index contributed by atoms with van der Waals surface area (Å²) in [6.07, 6.45) is 7.76. The Kier molecular flexibility index (Phi) is 6.74. The minimum Gasteiger partial charge on any atom is -0.482 e. The third-order valence-corrected chi connectivity index (χ3v) is 8.67. The Balaban J connectivity index is 1.40. The van der Waals surface area contributed by atoms with E-state index in [2.05, 4.69) is 10.6 Å². The lowest BCUT2D eigenvalue weighted by atomic mass is 9.96. The Bertz CT molecular complexity index is 952. The van der Waals surface area contributed by atoms with Crippen LogP contribution in [0.25, 0.3) is 0 Å². The van der Waals surface area contributed by atoms with Crippen LogP contribution < -0.4 is 15.4 Å². The molecule has 0 bridgehead atoms. The summed E-state index contributed by atoms with van der Waals surface area (Å²) in [6.45, 7) is 0.349. The van der Waals surface area contributed by atoms with Crippen molar-refractivity contribution in [1.82, 2.24) is 9.62 Å². The average molecular weight is 470 g/mol. The third kappa shape index (κ3) is 4.99. The van der Waals surface area contributed by atoms with Gasteiger partial charge in [0, 0.05) is 31.1 Å². The minimum absolute atomic E-state index is 0.0257.